The Morgan fingerprint density at radius 3 is 2.50 bits per heavy atom. The third-order valence-electron chi connectivity index (χ3n) is 3.32. The minimum atomic E-state index is -1.26. The van der Waals surface area contributed by atoms with E-state index in [9.17, 15) is 14.4 Å². The van der Waals surface area contributed by atoms with E-state index in [1.807, 2.05) is 0 Å². The third-order valence-corrected chi connectivity index (χ3v) is 3.32. The first kappa shape index (κ1) is 14.4. The smallest absolute Gasteiger partial charge is 0.326 e. The summed E-state index contributed by atoms with van der Waals surface area (Å²) in [5, 5.41) is 11.2. The standard InChI is InChI=1S/C11H19N3O4/c12-5-6-2-1-3-7(6)10(16)14-8(11(17)18)4-9(13)15/h6-8H,1-5,12H2,(H2,13,15)(H,14,16)(H,17,18). The lowest BCUT2D eigenvalue weighted by atomic mass is 9.95. The predicted octanol–water partition coefficient (Wildman–Crippen LogP) is -1.19. The van der Waals surface area contributed by atoms with Gasteiger partial charge in [-0.25, -0.2) is 4.79 Å². The fraction of sp³-hybridized carbons (Fsp3) is 0.727. The molecule has 0 aliphatic heterocycles. The molecule has 18 heavy (non-hydrogen) atoms. The molecule has 1 saturated carbocycles. The van der Waals surface area contributed by atoms with Crippen LogP contribution in [0, 0.1) is 11.8 Å². The quantitative estimate of drug-likeness (QED) is 0.474. The Morgan fingerprint density at radius 2 is 2.00 bits per heavy atom. The normalized spacial score (nSPS) is 24.5. The number of hydrogen-bond donors (Lipinski definition) is 4. The minimum Gasteiger partial charge on any atom is -0.480 e. The van der Waals surface area contributed by atoms with Crippen molar-refractivity contribution in [1.82, 2.24) is 5.32 Å². The maximum atomic E-state index is 11.9. The molecular weight excluding hydrogens is 238 g/mol. The second-order valence-electron chi connectivity index (χ2n) is 4.60. The molecule has 7 heteroatoms. The van der Waals surface area contributed by atoms with E-state index in [4.69, 9.17) is 16.6 Å². The van der Waals surface area contributed by atoms with Crippen LogP contribution in [0.4, 0.5) is 0 Å². The highest BCUT2D eigenvalue weighted by Crippen LogP contribution is 2.31. The highest BCUT2D eigenvalue weighted by molar-refractivity contribution is 5.89. The van der Waals surface area contributed by atoms with Crippen molar-refractivity contribution >= 4 is 17.8 Å². The van der Waals surface area contributed by atoms with Crippen LogP contribution >= 0.6 is 0 Å². The summed E-state index contributed by atoms with van der Waals surface area (Å²) in [5.41, 5.74) is 10.5. The molecule has 2 amide bonds. The van der Waals surface area contributed by atoms with Crippen LogP contribution in [0.15, 0.2) is 0 Å². The van der Waals surface area contributed by atoms with Crippen LogP contribution in [0.5, 0.6) is 0 Å². The van der Waals surface area contributed by atoms with E-state index in [-0.39, 0.29) is 17.7 Å². The number of rotatable bonds is 6. The van der Waals surface area contributed by atoms with Crippen molar-refractivity contribution in [1.29, 1.82) is 0 Å². The maximum absolute atomic E-state index is 11.9. The second kappa shape index (κ2) is 6.34. The van der Waals surface area contributed by atoms with Crippen LogP contribution in [-0.4, -0.2) is 35.5 Å². The van der Waals surface area contributed by atoms with Gasteiger partial charge < -0.3 is 21.9 Å². The monoisotopic (exact) mass is 257 g/mol. The summed E-state index contributed by atoms with van der Waals surface area (Å²) in [6.45, 7) is 0.408. The minimum absolute atomic E-state index is 0.0908. The number of nitrogens with one attached hydrogen (secondary N) is 1. The van der Waals surface area contributed by atoms with Gasteiger partial charge in [0.05, 0.1) is 6.42 Å². The molecule has 0 saturated heterocycles. The summed E-state index contributed by atoms with van der Waals surface area (Å²) in [5.74, 6) is -2.54. The first-order chi connectivity index (χ1) is 8.45. The molecule has 1 rings (SSSR count). The summed E-state index contributed by atoms with van der Waals surface area (Å²) in [6, 6.07) is -1.26. The van der Waals surface area contributed by atoms with Gasteiger partial charge in [-0.05, 0) is 25.3 Å². The third kappa shape index (κ3) is 3.69. The first-order valence-electron chi connectivity index (χ1n) is 5.97. The van der Waals surface area contributed by atoms with Crippen molar-refractivity contribution in [3.8, 4) is 0 Å². The summed E-state index contributed by atoms with van der Waals surface area (Å²) in [7, 11) is 0. The number of primary amides is 1. The fourth-order valence-electron chi connectivity index (χ4n) is 2.34. The van der Waals surface area contributed by atoms with Crippen LogP contribution < -0.4 is 16.8 Å². The number of hydrogen-bond acceptors (Lipinski definition) is 4. The van der Waals surface area contributed by atoms with Gasteiger partial charge in [-0.3, -0.25) is 9.59 Å². The lowest BCUT2D eigenvalue weighted by molar-refractivity contribution is -0.144. The molecule has 0 aromatic rings. The molecule has 0 heterocycles. The molecule has 0 radical (unpaired) electrons. The number of nitrogens with two attached hydrogens (primary N) is 2. The average Bonchev–Trinajstić information content (AvgIpc) is 2.75. The van der Waals surface area contributed by atoms with Gasteiger partial charge >= 0.3 is 5.97 Å². The summed E-state index contributed by atoms with van der Waals surface area (Å²) >= 11 is 0. The van der Waals surface area contributed by atoms with Gasteiger partial charge in [0.2, 0.25) is 11.8 Å². The van der Waals surface area contributed by atoms with E-state index in [1.54, 1.807) is 0 Å². The van der Waals surface area contributed by atoms with Gasteiger partial charge in [0.15, 0.2) is 0 Å². The zero-order chi connectivity index (χ0) is 13.7. The molecule has 0 bridgehead atoms. The Labute approximate surface area is 105 Å². The topological polar surface area (TPSA) is 136 Å². The van der Waals surface area contributed by atoms with Crippen molar-refractivity contribution in [2.24, 2.45) is 23.3 Å². The fourth-order valence-corrected chi connectivity index (χ4v) is 2.34. The van der Waals surface area contributed by atoms with Gasteiger partial charge in [-0.15, -0.1) is 0 Å². The largest absolute Gasteiger partial charge is 0.480 e. The van der Waals surface area contributed by atoms with Gasteiger partial charge in [0.25, 0.3) is 0 Å². The van der Waals surface area contributed by atoms with Crippen LogP contribution in [0.25, 0.3) is 0 Å². The number of aliphatic carboxylic acids is 1. The van der Waals surface area contributed by atoms with E-state index in [1.165, 1.54) is 0 Å². The Hall–Kier alpha value is -1.63. The molecular formula is C11H19N3O4. The van der Waals surface area contributed by atoms with Gasteiger partial charge in [-0.1, -0.05) is 6.42 Å². The van der Waals surface area contributed by atoms with E-state index in [0.717, 1.165) is 12.8 Å². The summed E-state index contributed by atoms with van der Waals surface area (Å²) in [6.07, 6.45) is 2.09. The molecule has 7 nitrogen and oxygen atoms in total. The second-order valence-corrected chi connectivity index (χ2v) is 4.60. The predicted molar refractivity (Wildman–Crippen MR) is 63.3 cm³/mol. The SMILES string of the molecule is NCC1CCCC1C(=O)NC(CC(N)=O)C(=O)O. The van der Waals surface area contributed by atoms with Crippen molar-refractivity contribution in [3.63, 3.8) is 0 Å². The van der Waals surface area contributed by atoms with E-state index in [2.05, 4.69) is 5.32 Å². The van der Waals surface area contributed by atoms with Crippen LogP contribution in [0.3, 0.4) is 0 Å². The molecule has 1 fully saturated rings. The lowest BCUT2D eigenvalue weighted by Gasteiger charge is -2.20. The van der Waals surface area contributed by atoms with Gasteiger partial charge in [-0.2, -0.15) is 0 Å². The van der Waals surface area contributed by atoms with Crippen molar-refractivity contribution in [2.45, 2.75) is 31.7 Å². The highest BCUT2D eigenvalue weighted by atomic mass is 16.4. The Bertz CT molecular complexity index is 345. The maximum Gasteiger partial charge on any atom is 0.326 e. The van der Waals surface area contributed by atoms with Crippen molar-refractivity contribution in [2.75, 3.05) is 6.54 Å². The summed E-state index contributed by atoms with van der Waals surface area (Å²) in [4.78, 5) is 33.5. The van der Waals surface area contributed by atoms with Crippen LogP contribution in [0.1, 0.15) is 25.7 Å². The molecule has 1 aliphatic carbocycles. The van der Waals surface area contributed by atoms with Gasteiger partial charge in [0.1, 0.15) is 6.04 Å². The van der Waals surface area contributed by atoms with Gasteiger partial charge in [0, 0.05) is 5.92 Å². The number of carbonyl (C=O) groups is 3. The Balaban J connectivity index is 2.60. The number of carboxylic acid groups (broad SMARTS) is 1. The molecule has 1 aliphatic rings. The zero-order valence-corrected chi connectivity index (χ0v) is 10.1. The molecule has 0 aromatic carbocycles. The van der Waals surface area contributed by atoms with Crippen LogP contribution in [-0.2, 0) is 14.4 Å². The Kier molecular flexibility index (Phi) is 5.08. The summed E-state index contributed by atoms with van der Waals surface area (Å²) < 4.78 is 0. The number of carboxylic acids is 1. The lowest BCUT2D eigenvalue weighted by Crippen LogP contribution is -2.46. The molecule has 3 unspecified atom stereocenters. The number of amides is 2. The van der Waals surface area contributed by atoms with Crippen molar-refractivity contribution in [3.05, 3.63) is 0 Å². The average molecular weight is 257 g/mol. The zero-order valence-electron chi connectivity index (χ0n) is 10.1. The van der Waals surface area contributed by atoms with E-state index >= 15 is 0 Å². The molecule has 3 atom stereocenters. The van der Waals surface area contributed by atoms with Crippen molar-refractivity contribution < 1.29 is 19.5 Å². The van der Waals surface area contributed by atoms with E-state index < -0.39 is 24.3 Å². The Morgan fingerprint density at radius 1 is 1.33 bits per heavy atom. The highest BCUT2D eigenvalue weighted by Gasteiger charge is 2.34. The first-order valence-corrected chi connectivity index (χ1v) is 5.97. The number of carbonyl (C=O) groups excluding carboxylic acids is 2. The van der Waals surface area contributed by atoms with E-state index in [0.29, 0.717) is 13.0 Å². The molecule has 0 aromatic heterocycles. The van der Waals surface area contributed by atoms with Crippen LogP contribution in [0.2, 0.25) is 0 Å². The molecule has 102 valence electrons. The molecule has 0 spiro atoms. The molecule has 6 N–H and O–H groups in total.